The maximum absolute atomic E-state index is 10.6. The number of hydrogen-bond acceptors (Lipinski definition) is 1. The monoisotopic (exact) mass is 239 g/mol. The molecule has 0 fully saturated rings. The van der Waals surface area contributed by atoms with Crippen LogP contribution in [0.5, 0.6) is 0 Å². The van der Waals surface area contributed by atoms with E-state index >= 15 is 0 Å². The van der Waals surface area contributed by atoms with Crippen molar-refractivity contribution in [3.05, 3.63) is 48.2 Å². The number of aromatic nitrogens is 1. The number of nitrogens with one attached hydrogen (secondary N) is 1. The molecule has 90 valence electrons. The molecule has 18 heavy (non-hydrogen) atoms. The number of fused-ring (bicyclic) bond motifs is 3. The Morgan fingerprint density at radius 3 is 2.78 bits per heavy atom. The number of hydrogen-bond donors (Lipinski definition) is 2. The Labute approximate surface area is 104 Å². The van der Waals surface area contributed by atoms with Crippen LogP contribution in [0.1, 0.15) is 12.0 Å². The van der Waals surface area contributed by atoms with Crippen molar-refractivity contribution in [2.45, 2.75) is 12.8 Å². The summed E-state index contributed by atoms with van der Waals surface area (Å²) in [4.78, 5) is 13.9. The van der Waals surface area contributed by atoms with Gasteiger partial charge in [-0.2, -0.15) is 0 Å². The van der Waals surface area contributed by atoms with Gasteiger partial charge in [-0.05, 0) is 17.4 Å². The smallest absolute Gasteiger partial charge is 0.303 e. The van der Waals surface area contributed by atoms with Crippen molar-refractivity contribution < 1.29 is 9.90 Å². The minimum Gasteiger partial charge on any atom is -0.481 e. The lowest BCUT2D eigenvalue weighted by molar-refractivity contribution is -0.136. The van der Waals surface area contributed by atoms with E-state index in [0.717, 1.165) is 16.5 Å². The van der Waals surface area contributed by atoms with Gasteiger partial charge < -0.3 is 10.1 Å². The van der Waals surface area contributed by atoms with Crippen LogP contribution in [0, 0.1) is 0 Å². The van der Waals surface area contributed by atoms with Crippen LogP contribution in [-0.2, 0) is 11.2 Å². The largest absolute Gasteiger partial charge is 0.481 e. The quantitative estimate of drug-likeness (QED) is 0.736. The zero-order valence-electron chi connectivity index (χ0n) is 9.81. The minimum absolute atomic E-state index is 0.166. The van der Waals surface area contributed by atoms with Crippen LogP contribution < -0.4 is 0 Å². The van der Waals surface area contributed by atoms with Crippen molar-refractivity contribution in [1.82, 2.24) is 4.98 Å². The third kappa shape index (κ3) is 1.74. The van der Waals surface area contributed by atoms with Gasteiger partial charge in [0, 0.05) is 23.4 Å². The second-order valence-corrected chi connectivity index (χ2v) is 4.42. The van der Waals surface area contributed by atoms with Crippen LogP contribution in [0.4, 0.5) is 0 Å². The average Bonchev–Trinajstić information content (AvgIpc) is 2.80. The van der Waals surface area contributed by atoms with Gasteiger partial charge in [-0.1, -0.05) is 36.4 Å². The van der Waals surface area contributed by atoms with Gasteiger partial charge in [0.1, 0.15) is 0 Å². The first kappa shape index (κ1) is 10.8. The molecule has 0 aliphatic carbocycles. The molecule has 0 aliphatic heterocycles. The second kappa shape index (κ2) is 4.18. The number of carbonyl (C=O) groups is 1. The number of H-pyrrole nitrogens is 1. The number of aromatic amines is 1. The molecule has 3 rings (SSSR count). The van der Waals surface area contributed by atoms with Gasteiger partial charge >= 0.3 is 5.97 Å². The lowest BCUT2D eigenvalue weighted by atomic mass is 10.0. The number of benzene rings is 2. The van der Waals surface area contributed by atoms with Crippen LogP contribution in [0.3, 0.4) is 0 Å². The molecular formula is C15H13NO2. The lowest BCUT2D eigenvalue weighted by Crippen LogP contribution is -1.96. The van der Waals surface area contributed by atoms with Crippen molar-refractivity contribution in [3.8, 4) is 0 Å². The lowest BCUT2D eigenvalue weighted by Gasteiger charge is -2.00. The average molecular weight is 239 g/mol. The highest BCUT2D eigenvalue weighted by Gasteiger charge is 2.08. The number of carboxylic acids is 1. The molecular weight excluding hydrogens is 226 g/mol. The zero-order chi connectivity index (χ0) is 12.5. The zero-order valence-corrected chi connectivity index (χ0v) is 9.81. The molecule has 0 unspecified atom stereocenters. The van der Waals surface area contributed by atoms with Crippen molar-refractivity contribution in [3.63, 3.8) is 0 Å². The molecule has 1 aromatic heterocycles. The van der Waals surface area contributed by atoms with Gasteiger partial charge in [-0.15, -0.1) is 0 Å². The highest BCUT2D eigenvalue weighted by atomic mass is 16.4. The van der Waals surface area contributed by atoms with E-state index in [1.54, 1.807) is 0 Å². The molecule has 0 atom stereocenters. The molecule has 0 saturated heterocycles. The number of aryl methyl sites for hydroxylation is 1. The van der Waals surface area contributed by atoms with E-state index in [1.807, 2.05) is 18.3 Å². The fourth-order valence-corrected chi connectivity index (χ4v) is 2.38. The molecule has 0 bridgehead atoms. The predicted octanol–water partition coefficient (Wildman–Crippen LogP) is 3.34. The molecule has 2 aromatic carbocycles. The van der Waals surface area contributed by atoms with Crippen LogP contribution >= 0.6 is 0 Å². The third-order valence-corrected chi connectivity index (χ3v) is 3.27. The molecule has 0 spiro atoms. The van der Waals surface area contributed by atoms with Gasteiger partial charge in [0.15, 0.2) is 0 Å². The summed E-state index contributed by atoms with van der Waals surface area (Å²) in [5.41, 5.74) is 2.16. The predicted molar refractivity (Wildman–Crippen MR) is 71.8 cm³/mol. The fraction of sp³-hybridized carbons (Fsp3) is 0.133. The molecule has 0 saturated carbocycles. The van der Waals surface area contributed by atoms with Gasteiger partial charge in [-0.3, -0.25) is 4.79 Å². The molecule has 0 amide bonds. The third-order valence-electron chi connectivity index (χ3n) is 3.27. The van der Waals surface area contributed by atoms with E-state index in [2.05, 4.69) is 29.2 Å². The first-order valence-electron chi connectivity index (χ1n) is 5.95. The molecule has 1 heterocycles. The molecule has 2 N–H and O–H groups in total. The van der Waals surface area contributed by atoms with Crippen LogP contribution in [0.25, 0.3) is 21.7 Å². The van der Waals surface area contributed by atoms with E-state index < -0.39 is 5.97 Å². The summed E-state index contributed by atoms with van der Waals surface area (Å²) in [6.07, 6.45) is 2.65. The summed E-state index contributed by atoms with van der Waals surface area (Å²) in [5, 5.41) is 12.2. The number of rotatable bonds is 3. The van der Waals surface area contributed by atoms with Crippen LogP contribution in [0.2, 0.25) is 0 Å². The van der Waals surface area contributed by atoms with Gasteiger partial charge in [0.2, 0.25) is 0 Å². The number of carboxylic acid groups (broad SMARTS) is 1. The van der Waals surface area contributed by atoms with E-state index in [4.69, 9.17) is 5.11 Å². The second-order valence-electron chi connectivity index (χ2n) is 4.42. The Bertz CT molecular complexity index is 728. The molecule has 0 radical (unpaired) electrons. The van der Waals surface area contributed by atoms with Crippen LogP contribution in [0.15, 0.2) is 42.6 Å². The van der Waals surface area contributed by atoms with Crippen molar-refractivity contribution >= 4 is 27.6 Å². The van der Waals surface area contributed by atoms with Gasteiger partial charge in [0.05, 0.1) is 5.52 Å². The van der Waals surface area contributed by atoms with Gasteiger partial charge in [0.25, 0.3) is 0 Å². The van der Waals surface area contributed by atoms with Crippen molar-refractivity contribution in [2.75, 3.05) is 0 Å². The highest BCUT2D eigenvalue weighted by molar-refractivity contribution is 6.06. The molecule has 3 aromatic rings. The number of aliphatic carboxylic acids is 1. The summed E-state index contributed by atoms with van der Waals surface area (Å²) in [6.45, 7) is 0. The standard InChI is InChI=1S/C15H13NO2/c17-14(18)8-6-11-9-16-15-12-4-2-1-3-10(12)5-7-13(11)15/h1-5,7,9,16H,6,8H2,(H,17,18). The molecule has 3 heteroatoms. The summed E-state index contributed by atoms with van der Waals surface area (Å²) in [6, 6.07) is 12.3. The Kier molecular flexibility index (Phi) is 2.52. The summed E-state index contributed by atoms with van der Waals surface area (Å²) < 4.78 is 0. The fourth-order valence-electron chi connectivity index (χ4n) is 2.38. The van der Waals surface area contributed by atoms with Crippen molar-refractivity contribution in [1.29, 1.82) is 0 Å². The summed E-state index contributed by atoms with van der Waals surface area (Å²) >= 11 is 0. The first-order valence-corrected chi connectivity index (χ1v) is 5.95. The van der Waals surface area contributed by atoms with E-state index in [9.17, 15) is 4.79 Å². The van der Waals surface area contributed by atoms with E-state index in [0.29, 0.717) is 6.42 Å². The Morgan fingerprint density at radius 1 is 1.11 bits per heavy atom. The topological polar surface area (TPSA) is 53.1 Å². The Morgan fingerprint density at radius 2 is 1.94 bits per heavy atom. The molecule has 0 aliphatic rings. The maximum Gasteiger partial charge on any atom is 0.303 e. The maximum atomic E-state index is 10.6. The summed E-state index contributed by atoms with van der Waals surface area (Å²) in [7, 11) is 0. The van der Waals surface area contributed by atoms with E-state index in [-0.39, 0.29) is 6.42 Å². The van der Waals surface area contributed by atoms with Crippen LogP contribution in [-0.4, -0.2) is 16.1 Å². The molecule has 3 nitrogen and oxygen atoms in total. The van der Waals surface area contributed by atoms with Crippen molar-refractivity contribution in [2.24, 2.45) is 0 Å². The van der Waals surface area contributed by atoms with Gasteiger partial charge in [-0.25, -0.2) is 0 Å². The highest BCUT2D eigenvalue weighted by Crippen LogP contribution is 2.27. The summed E-state index contributed by atoms with van der Waals surface area (Å²) in [5.74, 6) is -0.759. The first-order chi connectivity index (χ1) is 8.75. The Hall–Kier alpha value is -2.29. The minimum atomic E-state index is -0.759. The Balaban J connectivity index is 2.14. The normalized spacial score (nSPS) is 11.1. The SMILES string of the molecule is O=C(O)CCc1c[nH]c2c1ccc1ccccc12. The van der Waals surface area contributed by atoms with E-state index in [1.165, 1.54) is 10.8 Å².